The molecule has 92 valence electrons. The van der Waals surface area contributed by atoms with Crippen molar-refractivity contribution in [3.63, 3.8) is 0 Å². The van der Waals surface area contributed by atoms with Gasteiger partial charge < -0.3 is 5.32 Å². The number of rotatable bonds is 3. The molecule has 1 rings (SSSR count). The Balaban J connectivity index is 2.80. The van der Waals surface area contributed by atoms with Crippen LogP contribution in [0.1, 0.15) is 44.9 Å². The van der Waals surface area contributed by atoms with Crippen molar-refractivity contribution in [2.45, 2.75) is 39.2 Å². The SMILES string of the molecule is C=CC(=O)N[C@@H](C)c1ccc(C(C)(C)C)cc1. The van der Waals surface area contributed by atoms with Crippen molar-refractivity contribution >= 4 is 5.91 Å². The summed E-state index contributed by atoms with van der Waals surface area (Å²) in [4.78, 5) is 11.2. The van der Waals surface area contributed by atoms with Crippen LogP contribution in [0.5, 0.6) is 0 Å². The minimum absolute atomic E-state index is 0.00881. The molecule has 1 atom stereocenters. The normalized spacial score (nSPS) is 12.9. The molecule has 1 aromatic carbocycles. The lowest BCUT2D eigenvalue weighted by Crippen LogP contribution is -2.24. The smallest absolute Gasteiger partial charge is 0.243 e. The van der Waals surface area contributed by atoms with Crippen molar-refractivity contribution in [2.75, 3.05) is 0 Å². The van der Waals surface area contributed by atoms with Gasteiger partial charge in [-0.25, -0.2) is 0 Å². The maximum atomic E-state index is 11.2. The molecule has 0 saturated carbocycles. The number of carbonyl (C=O) groups is 1. The summed E-state index contributed by atoms with van der Waals surface area (Å²) < 4.78 is 0. The lowest BCUT2D eigenvalue weighted by Gasteiger charge is -2.20. The Kier molecular flexibility index (Phi) is 4.11. The molecule has 17 heavy (non-hydrogen) atoms. The highest BCUT2D eigenvalue weighted by molar-refractivity contribution is 5.87. The monoisotopic (exact) mass is 231 g/mol. The second-order valence-corrected chi connectivity index (χ2v) is 5.31. The number of amides is 1. The highest BCUT2D eigenvalue weighted by atomic mass is 16.1. The van der Waals surface area contributed by atoms with E-state index in [4.69, 9.17) is 0 Å². The van der Waals surface area contributed by atoms with E-state index in [9.17, 15) is 4.79 Å². The van der Waals surface area contributed by atoms with Crippen molar-refractivity contribution in [1.29, 1.82) is 0 Å². The fraction of sp³-hybridized carbons (Fsp3) is 0.400. The standard InChI is InChI=1S/C15H21NO/c1-6-14(17)16-11(2)12-7-9-13(10-8-12)15(3,4)5/h6-11H,1H2,2-5H3,(H,16,17)/t11-/m0/s1. The molecule has 0 heterocycles. The summed E-state index contributed by atoms with van der Waals surface area (Å²) in [5.74, 6) is -0.141. The lowest BCUT2D eigenvalue weighted by atomic mass is 9.86. The number of benzene rings is 1. The molecule has 0 saturated heterocycles. The van der Waals surface area contributed by atoms with Crippen LogP contribution < -0.4 is 5.32 Å². The van der Waals surface area contributed by atoms with Gasteiger partial charge in [0, 0.05) is 0 Å². The topological polar surface area (TPSA) is 29.1 Å². The summed E-state index contributed by atoms with van der Waals surface area (Å²) >= 11 is 0. The molecule has 0 aromatic heterocycles. The Hall–Kier alpha value is -1.57. The van der Waals surface area contributed by atoms with Crippen LogP contribution in [-0.4, -0.2) is 5.91 Å². The van der Waals surface area contributed by atoms with Gasteiger partial charge in [-0.1, -0.05) is 51.6 Å². The van der Waals surface area contributed by atoms with E-state index in [1.165, 1.54) is 11.6 Å². The first-order valence-corrected chi connectivity index (χ1v) is 5.88. The van der Waals surface area contributed by atoms with Gasteiger partial charge in [-0.3, -0.25) is 4.79 Å². The average molecular weight is 231 g/mol. The lowest BCUT2D eigenvalue weighted by molar-refractivity contribution is -0.117. The van der Waals surface area contributed by atoms with Crippen LogP contribution in [0.2, 0.25) is 0 Å². The third-order valence-electron chi connectivity index (χ3n) is 2.82. The Morgan fingerprint density at radius 3 is 2.24 bits per heavy atom. The summed E-state index contributed by atoms with van der Waals surface area (Å²) in [5, 5.41) is 2.85. The van der Waals surface area contributed by atoms with E-state index in [2.05, 4.69) is 56.9 Å². The quantitative estimate of drug-likeness (QED) is 0.794. The van der Waals surface area contributed by atoms with E-state index < -0.39 is 0 Å². The highest BCUT2D eigenvalue weighted by Gasteiger charge is 2.14. The summed E-state index contributed by atoms with van der Waals surface area (Å²) in [5.41, 5.74) is 2.56. The molecule has 2 heteroatoms. The van der Waals surface area contributed by atoms with E-state index in [0.29, 0.717) is 0 Å². The zero-order chi connectivity index (χ0) is 13.1. The van der Waals surface area contributed by atoms with Crippen LogP contribution in [0.15, 0.2) is 36.9 Å². The number of carbonyl (C=O) groups excluding carboxylic acids is 1. The summed E-state index contributed by atoms with van der Waals surface area (Å²) in [7, 11) is 0. The molecule has 0 fully saturated rings. The molecule has 0 aliphatic rings. The first-order chi connectivity index (χ1) is 7.84. The molecule has 0 unspecified atom stereocenters. The van der Waals surface area contributed by atoms with Crippen LogP contribution in [0.4, 0.5) is 0 Å². The molecule has 0 aliphatic heterocycles. The van der Waals surface area contributed by atoms with E-state index in [1.54, 1.807) is 0 Å². The van der Waals surface area contributed by atoms with Crippen LogP contribution in [0.3, 0.4) is 0 Å². The fourth-order valence-corrected chi connectivity index (χ4v) is 1.63. The Bertz CT molecular complexity index is 398. The molecule has 0 radical (unpaired) electrons. The third-order valence-corrected chi connectivity index (χ3v) is 2.82. The van der Waals surface area contributed by atoms with Crippen molar-refractivity contribution < 1.29 is 4.79 Å². The van der Waals surface area contributed by atoms with Crippen LogP contribution in [0, 0.1) is 0 Å². The second-order valence-electron chi connectivity index (χ2n) is 5.31. The molecule has 0 spiro atoms. The zero-order valence-electron chi connectivity index (χ0n) is 11.1. The van der Waals surface area contributed by atoms with Gasteiger partial charge in [0.05, 0.1) is 6.04 Å². The predicted octanol–water partition coefficient (Wildman–Crippen LogP) is 3.35. The maximum absolute atomic E-state index is 11.2. The van der Waals surface area contributed by atoms with Crippen molar-refractivity contribution in [1.82, 2.24) is 5.32 Å². The molecule has 2 nitrogen and oxygen atoms in total. The Morgan fingerprint density at radius 2 is 1.82 bits per heavy atom. The van der Waals surface area contributed by atoms with E-state index in [-0.39, 0.29) is 17.4 Å². The van der Waals surface area contributed by atoms with Gasteiger partial charge in [0.1, 0.15) is 0 Å². The molecular weight excluding hydrogens is 210 g/mol. The van der Waals surface area contributed by atoms with Gasteiger partial charge in [0.25, 0.3) is 0 Å². The van der Waals surface area contributed by atoms with E-state index in [0.717, 1.165) is 5.56 Å². The molecule has 0 aliphatic carbocycles. The Labute approximate surface area is 104 Å². The number of hydrogen-bond acceptors (Lipinski definition) is 1. The van der Waals surface area contributed by atoms with E-state index in [1.807, 2.05) is 6.92 Å². The zero-order valence-corrected chi connectivity index (χ0v) is 11.1. The number of hydrogen-bond donors (Lipinski definition) is 1. The van der Waals surface area contributed by atoms with Gasteiger partial charge in [0.2, 0.25) is 5.91 Å². The molecule has 1 amide bonds. The molecule has 1 N–H and O–H groups in total. The maximum Gasteiger partial charge on any atom is 0.243 e. The predicted molar refractivity (Wildman–Crippen MR) is 71.9 cm³/mol. The number of nitrogens with one attached hydrogen (secondary N) is 1. The van der Waals surface area contributed by atoms with Gasteiger partial charge in [-0.15, -0.1) is 0 Å². The first kappa shape index (κ1) is 13.5. The van der Waals surface area contributed by atoms with Crippen LogP contribution in [0.25, 0.3) is 0 Å². The van der Waals surface area contributed by atoms with Crippen molar-refractivity contribution in [3.05, 3.63) is 48.0 Å². The van der Waals surface area contributed by atoms with Crippen molar-refractivity contribution in [2.24, 2.45) is 0 Å². The second kappa shape index (κ2) is 5.17. The van der Waals surface area contributed by atoms with Gasteiger partial charge in [0.15, 0.2) is 0 Å². The van der Waals surface area contributed by atoms with Crippen LogP contribution >= 0.6 is 0 Å². The molecular formula is C15H21NO. The minimum Gasteiger partial charge on any atom is -0.346 e. The highest BCUT2D eigenvalue weighted by Crippen LogP contribution is 2.23. The Morgan fingerprint density at radius 1 is 1.29 bits per heavy atom. The largest absolute Gasteiger partial charge is 0.346 e. The minimum atomic E-state index is -0.141. The fourth-order valence-electron chi connectivity index (χ4n) is 1.63. The van der Waals surface area contributed by atoms with Gasteiger partial charge >= 0.3 is 0 Å². The van der Waals surface area contributed by atoms with Gasteiger partial charge in [-0.05, 0) is 29.5 Å². The van der Waals surface area contributed by atoms with Crippen LogP contribution in [-0.2, 0) is 10.2 Å². The van der Waals surface area contributed by atoms with Gasteiger partial charge in [-0.2, -0.15) is 0 Å². The summed E-state index contributed by atoms with van der Waals surface area (Å²) in [6.45, 7) is 12.0. The summed E-state index contributed by atoms with van der Waals surface area (Å²) in [6.07, 6.45) is 1.29. The average Bonchev–Trinajstić information content (AvgIpc) is 2.27. The van der Waals surface area contributed by atoms with Crippen molar-refractivity contribution in [3.8, 4) is 0 Å². The first-order valence-electron chi connectivity index (χ1n) is 5.88. The molecule has 1 aromatic rings. The van der Waals surface area contributed by atoms with E-state index >= 15 is 0 Å². The summed E-state index contributed by atoms with van der Waals surface area (Å²) in [6, 6.07) is 8.37. The molecule has 0 bridgehead atoms. The third kappa shape index (κ3) is 3.74.